The molecule has 3 rings (SSSR count). The lowest BCUT2D eigenvalue weighted by atomic mass is 10.2. The predicted octanol–water partition coefficient (Wildman–Crippen LogP) is 1.65. The molecule has 2 heterocycles. The maximum Gasteiger partial charge on any atom is 0.230 e. The van der Waals surface area contributed by atoms with E-state index in [9.17, 15) is 4.79 Å². The molecule has 0 spiro atoms. The fraction of sp³-hybridized carbons (Fsp3) is 0.474. The third-order valence-electron chi connectivity index (χ3n) is 4.41. The highest BCUT2D eigenvalue weighted by atomic mass is 16.5. The van der Waals surface area contributed by atoms with Crippen molar-refractivity contribution in [2.24, 2.45) is 0 Å². The smallest absolute Gasteiger partial charge is 0.230 e. The van der Waals surface area contributed by atoms with E-state index in [0.717, 1.165) is 38.4 Å². The van der Waals surface area contributed by atoms with Gasteiger partial charge in [0.15, 0.2) is 0 Å². The Morgan fingerprint density at radius 3 is 2.85 bits per heavy atom. The van der Waals surface area contributed by atoms with E-state index >= 15 is 0 Å². The second-order valence-electron chi connectivity index (χ2n) is 6.20. The number of benzene rings is 1. The number of nitrogens with zero attached hydrogens (tertiary/aromatic N) is 2. The number of amides is 1. The van der Waals surface area contributed by atoms with Crippen LogP contribution in [0.2, 0.25) is 0 Å². The number of oxazole rings is 1. The number of para-hydroxylation sites is 1. The number of nitrogens with one attached hydrogen (secondary N) is 1. The van der Waals surface area contributed by atoms with Gasteiger partial charge in [0.2, 0.25) is 11.8 Å². The molecule has 1 fully saturated rings. The van der Waals surface area contributed by atoms with Crippen LogP contribution in [-0.4, -0.2) is 62.3 Å². The highest BCUT2D eigenvalue weighted by molar-refractivity contribution is 5.78. The van der Waals surface area contributed by atoms with Crippen molar-refractivity contribution in [3.63, 3.8) is 0 Å². The Kier molecular flexibility index (Phi) is 6.25. The Hall–Kier alpha value is -2.38. The van der Waals surface area contributed by atoms with Gasteiger partial charge < -0.3 is 19.2 Å². The Labute approximate surface area is 153 Å². The molecule has 140 valence electrons. The van der Waals surface area contributed by atoms with Crippen molar-refractivity contribution < 1.29 is 18.7 Å². The maximum atomic E-state index is 12.2. The molecular formula is C19H25N3O4. The molecule has 1 aromatic carbocycles. The number of methoxy groups -OCH3 is 1. The summed E-state index contributed by atoms with van der Waals surface area (Å²) in [4.78, 5) is 19.0. The van der Waals surface area contributed by atoms with E-state index in [1.54, 1.807) is 7.11 Å². The first-order valence-electron chi connectivity index (χ1n) is 8.84. The van der Waals surface area contributed by atoms with E-state index in [1.165, 1.54) is 0 Å². The number of carbonyl (C=O) groups excluding carboxylic acids is 1. The molecule has 1 aromatic heterocycles. The number of aromatic nitrogens is 1. The lowest BCUT2D eigenvalue weighted by Crippen LogP contribution is -2.41. The van der Waals surface area contributed by atoms with Crippen LogP contribution in [0, 0.1) is 6.92 Å². The zero-order valence-corrected chi connectivity index (χ0v) is 15.3. The molecule has 1 saturated heterocycles. The summed E-state index contributed by atoms with van der Waals surface area (Å²) in [6, 6.07) is 7.53. The maximum absolute atomic E-state index is 12.2. The minimum Gasteiger partial charge on any atom is -0.496 e. The van der Waals surface area contributed by atoms with Crippen molar-refractivity contribution in [1.29, 1.82) is 0 Å². The van der Waals surface area contributed by atoms with Gasteiger partial charge in [-0.15, -0.1) is 0 Å². The molecule has 0 saturated carbocycles. The molecule has 2 aromatic rings. The van der Waals surface area contributed by atoms with E-state index in [0.29, 0.717) is 29.6 Å². The normalized spacial score (nSPS) is 15.0. The van der Waals surface area contributed by atoms with Gasteiger partial charge in [-0.1, -0.05) is 12.1 Å². The molecule has 0 unspecified atom stereocenters. The Bertz CT molecular complexity index is 738. The largest absolute Gasteiger partial charge is 0.496 e. The highest BCUT2D eigenvalue weighted by Gasteiger charge is 2.17. The molecule has 0 bridgehead atoms. The van der Waals surface area contributed by atoms with Crippen molar-refractivity contribution in [2.75, 3.05) is 46.5 Å². The Morgan fingerprint density at radius 1 is 1.31 bits per heavy atom. The quantitative estimate of drug-likeness (QED) is 0.810. The summed E-state index contributed by atoms with van der Waals surface area (Å²) in [7, 11) is 1.61. The lowest BCUT2D eigenvalue weighted by molar-refractivity contribution is -0.120. The van der Waals surface area contributed by atoms with Crippen LogP contribution < -0.4 is 10.1 Å². The lowest BCUT2D eigenvalue weighted by Gasteiger charge is -2.26. The van der Waals surface area contributed by atoms with Gasteiger partial charge >= 0.3 is 0 Å². The zero-order chi connectivity index (χ0) is 18.4. The predicted molar refractivity (Wildman–Crippen MR) is 97.2 cm³/mol. The SMILES string of the molecule is COc1ccccc1-c1nc(CC(=O)NCCN2CCOCC2)c(C)o1. The molecule has 7 nitrogen and oxygen atoms in total. The first-order valence-corrected chi connectivity index (χ1v) is 8.84. The third-order valence-corrected chi connectivity index (χ3v) is 4.41. The van der Waals surface area contributed by atoms with Gasteiger partial charge in [-0.3, -0.25) is 9.69 Å². The second kappa shape index (κ2) is 8.82. The molecule has 1 aliphatic rings. The molecule has 7 heteroatoms. The van der Waals surface area contributed by atoms with E-state index in [2.05, 4.69) is 15.2 Å². The minimum absolute atomic E-state index is 0.0544. The van der Waals surface area contributed by atoms with Gasteiger partial charge in [0, 0.05) is 26.2 Å². The summed E-state index contributed by atoms with van der Waals surface area (Å²) < 4.78 is 16.4. The van der Waals surface area contributed by atoms with Crippen molar-refractivity contribution in [1.82, 2.24) is 15.2 Å². The first kappa shape index (κ1) is 18.4. The van der Waals surface area contributed by atoms with Crippen LogP contribution in [-0.2, 0) is 16.0 Å². The number of rotatable bonds is 7. The monoisotopic (exact) mass is 359 g/mol. The van der Waals surface area contributed by atoms with Crippen LogP contribution in [0.25, 0.3) is 11.5 Å². The van der Waals surface area contributed by atoms with E-state index in [-0.39, 0.29) is 12.3 Å². The number of aryl methyl sites for hydroxylation is 1. The molecule has 0 aliphatic carbocycles. The minimum atomic E-state index is -0.0544. The average Bonchev–Trinajstić information content (AvgIpc) is 3.03. The van der Waals surface area contributed by atoms with E-state index < -0.39 is 0 Å². The standard InChI is InChI=1S/C19H25N3O4/c1-14-16(13-18(23)20-7-8-22-9-11-25-12-10-22)21-19(26-14)15-5-3-4-6-17(15)24-2/h3-6H,7-13H2,1-2H3,(H,20,23). The molecule has 1 amide bonds. The van der Waals surface area contributed by atoms with Crippen LogP contribution >= 0.6 is 0 Å². The summed E-state index contributed by atoms with van der Waals surface area (Å²) in [6.45, 7) is 6.63. The fourth-order valence-electron chi connectivity index (χ4n) is 2.92. The van der Waals surface area contributed by atoms with Gasteiger partial charge in [0.25, 0.3) is 0 Å². The van der Waals surface area contributed by atoms with Gasteiger partial charge in [0.05, 0.1) is 38.0 Å². The number of ether oxygens (including phenoxy) is 2. The van der Waals surface area contributed by atoms with E-state index in [1.807, 2.05) is 31.2 Å². The first-order chi connectivity index (χ1) is 12.7. The van der Waals surface area contributed by atoms with Crippen molar-refractivity contribution in [2.45, 2.75) is 13.3 Å². The Morgan fingerprint density at radius 2 is 2.08 bits per heavy atom. The topological polar surface area (TPSA) is 76.8 Å². The molecule has 0 atom stereocenters. The van der Waals surface area contributed by atoms with Crippen LogP contribution in [0.3, 0.4) is 0 Å². The van der Waals surface area contributed by atoms with Gasteiger partial charge in [0.1, 0.15) is 11.5 Å². The van der Waals surface area contributed by atoms with Gasteiger partial charge in [-0.05, 0) is 19.1 Å². The Balaban J connectivity index is 1.56. The van der Waals surface area contributed by atoms with Crippen LogP contribution in [0.4, 0.5) is 0 Å². The fourth-order valence-corrected chi connectivity index (χ4v) is 2.92. The molecule has 26 heavy (non-hydrogen) atoms. The molecule has 1 aliphatic heterocycles. The number of hydrogen-bond acceptors (Lipinski definition) is 6. The van der Waals surface area contributed by atoms with Crippen LogP contribution in [0.1, 0.15) is 11.5 Å². The zero-order valence-electron chi connectivity index (χ0n) is 15.3. The molecule has 0 radical (unpaired) electrons. The molecular weight excluding hydrogens is 334 g/mol. The van der Waals surface area contributed by atoms with E-state index in [4.69, 9.17) is 13.9 Å². The summed E-state index contributed by atoms with van der Waals surface area (Å²) in [5.41, 5.74) is 1.42. The summed E-state index contributed by atoms with van der Waals surface area (Å²) in [5, 5.41) is 2.95. The summed E-state index contributed by atoms with van der Waals surface area (Å²) in [6.07, 6.45) is 0.202. The van der Waals surface area contributed by atoms with Crippen LogP contribution in [0.5, 0.6) is 5.75 Å². The average molecular weight is 359 g/mol. The van der Waals surface area contributed by atoms with Crippen molar-refractivity contribution >= 4 is 5.91 Å². The van der Waals surface area contributed by atoms with Gasteiger partial charge in [-0.25, -0.2) is 4.98 Å². The highest BCUT2D eigenvalue weighted by Crippen LogP contribution is 2.30. The second-order valence-corrected chi connectivity index (χ2v) is 6.20. The van der Waals surface area contributed by atoms with Crippen molar-refractivity contribution in [3.8, 4) is 17.2 Å². The number of morpholine rings is 1. The summed E-state index contributed by atoms with van der Waals surface area (Å²) >= 11 is 0. The van der Waals surface area contributed by atoms with Gasteiger partial charge in [-0.2, -0.15) is 0 Å². The molecule has 1 N–H and O–H groups in total. The third kappa shape index (κ3) is 4.62. The number of carbonyl (C=O) groups is 1. The van der Waals surface area contributed by atoms with Crippen LogP contribution in [0.15, 0.2) is 28.7 Å². The summed E-state index contributed by atoms with van der Waals surface area (Å²) in [5.74, 6) is 1.75. The number of hydrogen-bond donors (Lipinski definition) is 1. The van der Waals surface area contributed by atoms with Crippen molar-refractivity contribution in [3.05, 3.63) is 35.7 Å².